The highest BCUT2D eigenvalue weighted by molar-refractivity contribution is 7.04. The van der Waals surface area contributed by atoms with E-state index in [1.165, 1.54) is 18.6 Å². The summed E-state index contributed by atoms with van der Waals surface area (Å²) in [5.41, 5.74) is 1.16. The number of amides is 1. The zero-order chi connectivity index (χ0) is 19.5. The predicted molar refractivity (Wildman–Crippen MR) is 105 cm³/mol. The third-order valence-corrected chi connectivity index (χ3v) is 5.48. The molecule has 1 N–H and O–H groups in total. The van der Waals surface area contributed by atoms with Crippen molar-refractivity contribution in [3.05, 3.63) is 45.2 Å². The Kier molecular flexibility index (Phi) is 6.66. The van der Waals surface area contributed by atoms with E-state index in [2.05, 4.69) is 29.7 Å². The van der Waals surface area contributed by atoms with Crippen LogP contribution in [0.15, 0.2) is 29.4 Å². The van der Waals surface area contributed by atoms with Crippen molar-refractivity contribution < 1.29 is 14.6 Å². The summed E-state index contributed by atoms with van der Waals surface area (Å²) in [6.45, 7) is 8.32. The van der Waals surface area contributed by atoms with Gasteiger partial charge in [-0.25, -0.2) is 0 Å². The van der Waals surface area contributed by atoms with Crippen molar-refractivity contribution in [1.82, 2.24) is 3.96 Å². The number of ether oxygens (including phenoxy) is 1. The van der Waals surface area contributed by atoms with E-state index >= 15 is 0 Å². The first-order valence-electron chi connectivity index (χ1n) is 8.41. The Hall–Kier alpha value is -1.63. The van der Waals surface area contributed by atoms with E-state index in [1.54, 1.807) is 18.2 Å². The minimum absolute atomic E-state index is 0.0842. The second kappa shape index (κ2) is 8.37. The molecule has 0 aliphatic heterocycles. The van der Waals surface area contributed by atoms with E-state index in [0.717, 1.165) is 5.56 Å². The topological polar surface area (TPSA) is 63.8 Å². The molecule has 0 spiro atoms. The summed E-state index contributed by atoms with van der Waals surface area (Å²) in [5, 5.41) is 9.83. The highest BCUT2D eigenvalue weighted by atomic mass is 35.5. The first kappa shape index (κ1) is 20.7. The fraction of sp³-hybridized carbons (Fsp3) is 0.474. The van der Waals surface area contributed by atoms with Crippen LogP contribution in [0.3, 0.4) is 0 Å². The molecule has 0 bridgehead atoms. The zero-order valence-corrected chi connectivity index (χ0v) is 17.3. The van der Waals surface area contributed by atoms with Gasteiger partial charge in [-0.15, -0.1) is 0 Å². The van der Waals surface area contributed by atoms with Gasteiger partial charge in [0.2, 0.25) is 0 Å². The van der Waals surface area contributed by atoms with Gasteiger partial charge in [-0.2, -0.15) is 4.99 Å². The Morgan fingerprint density at radius 3 is 2.69 bits per heavy atom. The van der Waals surface area contributed by atoms with Crippen molar-refractivity contribution in [2.75, 3.05) is 13.7 Å². The van der Waals surface area contributed by atoms with Gasteiger partial charge < -0.3 is 9.84 Å². The van der Waals surface area contributed by atoms with Gasteiger partial charge in [-0.05, 0) is 62.8 Å². The van der Waals surface area contributed by atoms with Gasteiger partial charge in [0, 0.05) is 28.9 Å². The van der Waals surface area contributed by atoms with Crippen molar-refractivity contribution in [3.8, 4) is 5.75 Å². The van der Waals surface area contributed by atoms with Gasteiger partial charge in [-0.1, -0.05) is 18.5 Å². The molecule has 1 aromatic heterocycles. The molecule has 1 atom stereocenters. The minimum atomic E-state index is -0.398. The number of methoxy groups -OCH3 is 1. The summed E-state index contributed by atoms with van der Waals surface area (Å²) in [6.07, 6.45) is 2.66. The normalized spacial score (nSPS) is 13.7. The second-order valence-electron chi connectivity index (χ2n) is 7.30. The average molecular weight is 397 g/mol. The predicted octanol–water partition coefficient (Wildman–Crippen LogP) is 3.88. The number of halogens is 1. The standard InChI is InChI=1S/C19H25ClN2O3S/c1-12(11-23)8-13-10-22(19(2,3)4)26-18(13)21-17(24)15-9-14(20)6-7-16(15)25-5/h6-7,9-10,12,23H,8,11H2,1-5H3. The molecule has 5 nitrogen and oxygen atoms in total. The van der Waals surface area contributed by atoms with Crippen molar-refractivity contribution >= 4 is 29.0 Å². The molecule has 26 heavy (non-hydrogen) atoms. The lowest BCUT2D eigenvalue weighted by atomic mass is 10.0. The maximum Gasteiger partial charge on any atom is 0.282 e. The number of carbonyl (C=O) groups is 1. The van der Waals surface area contributed by atoms with Crippen LogP contribution in [-0.4, -0.2) is 28.7 Å². The molecule has 0 saturated carbocycles. The molecule has 0 aliphatic rings. The molecule has 7 heteroatoms. The lowest BCUT2D eigenvalue weighted by Crippen LogP contribution is -2.18. The SMILES string of the molecule is COc1ccc(Cl)cc1C(=O)N=c1sn(C(C)(C)C)cc1CC(C)CO. The summed E-state index contributed by atoms with van der Waals surface area (Å²) >= 11 is 7.46. The van der Waals surface area contributed by atoms with E-state index in [1.807, 2.05) is 13.1 Å². The van der Waals surface area contributed by atoms with E-state index in [-0.39, 0.29) is 18.1 Å². The summed E-state index contributed by atoms with van der Waals surface area (Å²) in [5.74, 6) is 0.126. The molecule has 0 saturated heterocycles. The lowest BCUT2D eigenvalue weighted by Gasteiger charge is -2.19. The maximum atomic E-state index is 12.8. The molecule has 1 unspecified atom stereocenters. The van der Waals surface area contributed by atoms with Crippen LogP contribution in [0.4, 0.5) is 0 Å². The zero-order valence-electron chi connectivity index (χ0n) is 15.7. The Morgan fingerprint density at radius 1 is 1.42 bits per heavy atom. The molecule has 1 heterocycles. The molecule has 0 fully saturated rings. The Labute approximate surface area is 163 Å². The summed E-state index contributed by atoms with van der Waals surface area (Å²) in [6, 6.07) is 4.89. The van der Waals surface area contributed by atoms with Crippen LogP contribution in [0.1, 0.15) is 43.6 Å². The van der Waals surface area contributed by atoms with Gasteiger partial charge in [0.25, 0.3) is 5.91 Å². The largest absolute Gasteiger partial charge is 0.496 e. The van der Waals surface area contributed by atoms with Crippen LogP contribution in [0.25, 0.3) is 0 Å². The van der Waals surface area contributed by atoms with Gasteiger partial charge in [0.15, 0.2) is 0 Å². The molecular formula is C19H25ClN2O3S. The molecule has 2 aromatic rings. The lowest BCUT2D eigenvalue weighted by molar-refractivity contribution is 0.0996. The van der Waals surface area contributed by atoms with Gasteiger partial charge in [0.1, 0.15) is 10.4 Å². The van der Waals surface area contributed by atoms with Crippen molar-refractivity contribution in [3.63, 3.8) is 0 Å². The first-order valence-corrected chi connectivity index (χ1v) is 9.56. The van der Waals surface area contributed by atoms with E-state index in [4.69, 9.17) is 16.3 Å². The molecule has 0 radical (unpaired) electrons. The molecule has 0 aliphatic carbocycles. The van der Waals surface area contributed by atoms with Gasteiger partial charge in [-0.3, -0.25) is 8.75 Å². The van der Waals surface area contributed by atoms with Gasteiger partial charge in [0.05, 0.1) is 12.7 Å². The Balaban J connectivity index is 2.53. The monoisotopic (exact) mass is 396 g/mol. The molecular weight excluding hydrogens is 372 g/mol. The maximum absolute atomic E-state index is 12.8. The van der Waals surface area contributed by atoms with Crippen LogP contribution in [0.5, 0.6) is 5.75 Å². The number of aromatic nitrogens is 1. The highest BCUT2D eigenvalue weighted by Gasteiger charge is 2.18. The van der Waals surface area contributed by atoms with Crippen LogP contribution in [0.2, 0.25) is 5.02 Å². The third kappa shape index (κ3) is 4.96. The molecule has 142 valence electrons. The number of hydrogen-bond acceptors (Lipinski definition) is 4. The number of aliphatic hydroxyl groups is 1. The number of hydrogen-bond donors (Lipinski definition) is 1. The fourth-order valence-electron chi connectivity index (χ4n) is 2.38. The number of carbonyl (C=O) groups excluding carboxylic acids is 1. The van der Waals surface area contributed by atoms with Crippen LogP contribution in [-0.2, 0) is 12.0 Å². The minimum Gasteiger partial charge on any atom is -0.496 e. The average Bonchev–Trinajstić information content (AvgIpc) is 2.97. The number of aliphatic hydroxyl groups excluding tert-OH is 1. The number of rotatable bonds is 5. The van der Waals surface area contributed by atoms with Gasteiger partial charge >= 0.3 is 0 Å². The van der Waals surface area contributed by atoms with E-state index < -0.39 is 5.91 Å². The summed E-state index contributed by atoms with van der Waals surface area (Å²) in [4.78, 5) is 17.1. The summed E-state index contributed by atoms with van der Waals surface area (Å²) in [7, 11) is 1.51. The first-order chi connectivity index (χ1) is 12.2. The Bertz CT molecular complexity index is 849. The molecule has 1 aromatic carbocycles. The van der Waals surface area contributed by atoms with E-state index in [0.29, 0.717) is 27.4 Å². The van der Waals surface area contributed by atoms with Crippen LogP contribution < -0.4 is 9.41 Å². The van der Waals surface area contributed by atoms with Crippen molar-refractivity contribution in [2.24, 2.45) is 10.9 Å². The summed E-state index contributed by atoms with van der Waals surface area (Å²) < 4.78 is 7.98. The van der Waals surface area contributed by atoms with Crippen LogP contribution in [0, 0.1) is 5.92 Å². The third-order valence-electron chi connectivity index (χ3n) is 3.87. The highest BCUT2D eigenvalue weighted by Crippen LogP contribution is 2.24. The van der Waals surface area contributed by atoms with E-state index in [9.17, 15) is 9.90 Å². The number of benzene rings is 1. The van der Waals surface area contributed by atoms with Crippen molar-refractivity contribution in [1.29, 1.82) is 0 Å². The molecule has 2 rings (SSSR count). The fourth-order valence-corrected chi connectivity index (χ4v) is 3.57. The second-order valence-corrected chi connectivity index (χ2v) is 8.70. The number of nitrogens with zero attached hydrogens (tertiary/aromatic N) is 2. The smallest absolute Gasteiger partial charge is 0.282 e. The Morgan fingerprint density at radius 2 is 2.12 bits per heavy atom. The molecule has 1 amide bonds. The quantitative estimate of drug-likeness (QED) is 0.834. The van der Waals surface area contributed by atoms with Crippen LogP contribution >= 0.6 is 23.1 Å². The van der Waals surface area contributed by atoms with Crippen molar-refractivity contribution in [2.45, 2.75) is 39.7 Å².